The molecule has 5 nitrogen and oxygen atoms in total. The molecule has 3 rings (SSSR count). The molecule has 1 spiro atoms. The summed E-state index contributed by atoms with van der Waals surface area (Å²) in [6.07, 6.45) is 5.06. The van der Waals surface area contributed by atoms with Gasteiger partial charge >= 0.3 is 5.97 Å². The monoisotopic (exact) mass is 255 g/mol. The van der Waals surface area contributed by atoms with E-state index in [0.717, 1.165) is 26.0 Å². The van der Waals surface area contributed by atoms with Crippen LogP contribution in [0.3, 0.4) is 0 Å². The predicted octanol–water partition coefficient (Wildman–Crippen LogP) is 0.873. The molecule has 2 unspecified atom stereocenters. The first-order valence-corrected chi connectivity index (χ1v) is 6.91. The molecular weight excluding hydrogens is 234 g/mol. The molecule has 1 N–H and O–H groups in total. The molecule has 3 fully saturated rings. The Hall–Kier alpha value is -0.650. The maximum absolute atomic E-state index is 11.0. The molecule has 0 radical (unpaired) electrons. The Kier molecular flexibility index (Phi) is 3.30. The second-order valence-electron chi connectivity index (χ2n) is 5.72. The van der Waals surface area contributed by atoms with Crippen molar-refractivity contribution in [2.75, 3.05) is 26.3 Å². The van der Waals surface area contributed by atoms with Crippen LogP contribution in [0.5, 0.6) is 0 Å². The summed E-state index contributed by atoms with van der Waals surface area (Å²) in [5.41, 5.74) is 0.125. The van der Waals surface area contributed by atoms with Crippen LogP contribution in [0.15, 0.2) is 0 Å². The molecule has 0 aromatic rings. The van der Waals surface area contributed by atoms with Gasteiger partial charge in [-0.2, -0.15) is 0 Å². The number of nitrogens with zero attached hydrogens (tertiary/aromatic N) is 1. The van der Waals surface area contributed by atoms with Gasteiger partial charge in [-0.1, -0.05) is 0 Å². The summed E-state index contributed by atoms with van der Waals surface area (Å²) in [6, 6.07) is 0.477. The number of hydrogen-bond acceptors (Lipinski definition) is 4. The zero-order valence-electron chi connectivity index (χ0n) is 10.6. The first-order chi connectivity index (χ1) is 8.69. The molecule has 2 heterocycles. The number of aliphatic carboxylic acids is 1. The molecule has 0 bridgehead atoms. The van der Waals surface area contributed by atoms with E-state index < -0.39 is 12.1 Å². The van der Waals surface area contributed by atoms with Gasteiger partial charge in [0, 0.05) is 25.7 Å². The van der Waals surface area contributed by atoms with Crippen LogP contribution in [0.1, 0.15) is 32.1 Å². The van der Waals surface area contributed by atoms with Crippen molar-refractivity contribution in [1.82, 2.24) is 4.90 Å². The average Bonchev–Trinajstić information content (AvgIpc) is 2.37. The lowest BCUT2D eigenvalue weighted by Crippen LogP contribution is -2.56. The van der Waals surface area contributed by atoms with Crippen LogP contribution >= 0.6 is 0 Å². The molecule has 0 amide bonds. The van der Waals surface area contributed by atoms with E-state index in [9.17, 15) is 4.79 Å². The first kappa shape index (κ1) is 12.4. The van der Waals surface area contributed by atoms with Gasteiger partial charge in [-0.15, -0.1) is 0 Å². The number of hydrogen-bond donors (Lipinski definition) is 1. The molecule has 1 aliphatic carbocycles. The Labute approximate surface area is 107 Å². The standard InChI is InChI=1S/C13H21NO4/c15-12(16)11-9-14(5-7-17-11)10-2-6-18-13(8-10)3-1-4-13/h10-11H,1-9H2,(H,15,16). The van der Waals surface area contributed by atoms with Gasteiger partial charge in [-0.3, -0.25) is 4.90 Å². The van der Waals surface area contributed by atoms with Crippen molar-refractivity contribution in [2.45, 2.75) is 49.9 Å². The summed E-state index contributed by atoms with van der Waals surface area (Å²) in [4.78, 5) is 13.3. The van der Waals surface area contributed by atoms with E-state index in [1.54, 1.807) is 0 Å². The summed E-state index contributed by atoms with van der Waals surface area (Å²) in [6.45, 7) is 2.72. The second kappa shape index (κ2) is 4.79. The molecule has 5 heteroatoms. The molecule has 3 aliphatic rings. The summed E-state index contributed by atoms with van der Waals surface area (Å²) in [5, 5.41) is 9.04. The van der Waals surface area contributed by atoms with Gasteiger partial charge in [0.1, 0.15) is 0 Å². The van der Waals surface area contributed by atoms with Crippen LogP contribution in [-0.2, 0) is 14.3 Å². The van der Waals surface area contributed by atoms with Gasteiger partial charge in [0.2, 0.25) is 0 Å². The van der Waals surface area contributed by atoms with E-state index in [4.69, 9.17) is 14.6 Å². The SMILES string of the molecule is O=C(O)C1CN(C2CCOC3(CCC3)C2)CCO1. The maximum Gasteiger partial charge on any atom is 0.334 e. The number of rotatable bonds is 2. The van der Waals surface area contributed by atoms with Gasteiger partial charge in [0.05, 0.1) is 12.2 Å². The van der Waals surface area contributed by atoms with Crippen molar-refractivity contribution in [2.24, 2.45) is 0 Å². The average molecular weight is 255 g/mol. The van der Waals surface area contributed by atoms with E-state index in [0.29, 0.717) is 19.2 Å². The highest BCUT2D eigenvalue weighted by Gasteiger charge is 2.44. The number of carboxylic acid groups (broad SMARTS) is 1. The fourth-order valence-corrected chi connectivity index (χ4v) is 3.38. The molecular formula is C13H21NO4. The van der Waals surface area contributed by atoms with Crippen molar-refractivity contribution in [3.8, 4) is 0 Å². The van der Waals surface area contributed by atoms with Gasteiger partial charge in [-0.25, -0.2) is 4.79 Å². The minimum atomic E-state index is -0.842. The fraction of sp³-hybridized carbons (Fsp3) is 0.923. The van der Waals surface area contributed by atoms with Crippen molar-refractivity contribution < 1.29 is 19.4 Å². The predicted molar refractivity (Wildman–Crippen MR) is 64.5 cm³/mol. The van der Waals surface area contributed by atoms with Crippen LogP contribution in [-0.4, -0.2) is 60.0 Å². The lowest BCUT2D eigenvalue weighted by Gasteiger charge is -2.50. The Morgan fingerprint density at radius 3 is 2.83 bits per heavy atom. The Bertz CT molecular complexity index is 329. The van der Waals surface area contributed by atoms with Crippen molar-refractivity contribution >= 4 is 5.97 Å². The molecule has 0 aromatic heterocycles. The van der Waals surface area contributed by atoms with E-state index in [1.165, 1.54) is 19.3 Å². The normalized spacial score (nSPS) is 36.2. The molecule has 2 atom stereocenters. The van der Waals surface area contributed by atoms with Gasteiger partial charge in [0.25, 0.3) is 0 Å². The highest BCUT2D eigenvalue weighted by Crippen LogP contribution is 2.43. The van der Waals surface area contributed by atoms with Crippen LogP contribution < -0.4 is 0 Å². The lowest BCUT2D eigenvalue weighted by atomic mass is 9.73. The van der Waals surface area contributed by atoms with Crippen molar-refractivity contribution in [3.63, 3.8) is 0 Å². The fourth-order valence-electron chi connectivity index (χ4n) is 3.38. The van der Waals surface area contributed by atoms with Crippen LogP contribution in [0, 0.1) is 0 Å². The van der Waals surface area contributed by atoms with Gasteiger partial charge in [0.15, 0.2) is 6.10 Å². The Morgan fingerprint density at radius 1 is 1.33 bits per heavy atom. The number of morpholine rings is 1. The zero-order chi connectivity index (χ0) is 12.6. The van der Waals surface area contributed by atoms with Gasteiger partial charge < -0.3 is 14.6 Å². The number of carbonyl (C=O) groups is 1. The Balaban J connectivity index is 1.61. The first-order valence-electron chi connectivity index (χ1n) is 6.91. The van der Waals surface area contributed by atoms with E-state index in [-0.39, 0.29) is 5.60 Å². The smallest absolute Gasteiger partial charge is 0.334 e. The third-order valence-electron chi connectivity index (χ3n) is 4.62. The largest absolute Gasteiger partial charge is 0.479 e. The summed E-state index contributed by atoms with van der Waals surface area (Å²) in [5.74, 6) is -0.842. The molecule has 2 aliphatic heterocycles. The quantitative estimate of drug-likeness (QED) is 0.793. The second-order valence-corrected chi connectivity index (χ2v) is 5.72. The van der Waals surface area contributed by atoms with Crippen LogP contribution in [0.2, 0.25) is 0 Å². The van der Waals surface area contributed by atoms with Gasteiger partial charge in [-0.05, 0) is 32.1 Å². The Morgan fingerprint density at radius 2 is 2.17 bits per heavy atom. The molecule has 18 heavy (non-hydrogen) atoms. The maximum atomic E-state index is 11.0. The van der Waals surface area contributed by atoms with Crippen molar-refractivity contribution in [1.29, 1.82) is 0 Å². The summed E-state index contributed by atoms with van der Waals surface area (Å²) >= 11 is 0. The molecule has 2 saturated heterocycles. The minimum absolute atomic E-state index is 0.125. The van der Waals surface area contributed by atoms with Crippen LogP contribution in [0.4, 0.5) is 0 Å². The molecule has 0 aromatic carbocycles. The third kappa shape index (κ3) is 2.27. The topological polar surface area (TPSA) is 59.0 Å². The highest BCUT2D eigenvalue weighted by molar-refractivity contribution is 5.72. The van der Waals surface area contributed by atoms with E-state index in [1.807, 2.05) is 0 Å². The van der Waals surface area contributed by atoms with E-state index in [2.05, 4.69) is 4.90 Å². The van der Waals surface area contributed by atoms with Crippen molar-refractivity contribution in [3.05, 3.63) is 0 Å². The number of carboxylic acids is 1. The lowest BCUT2D eigenvalue weighted by molar-refractivity contribution is -0.169. The minimum Gasteiger partial charge on any atom is -0.479 e. The van der Waals surface area contributed by atoms with E-state index >= 15 is 0 Å². The number of ether oxygens (including phenoxy) is 2. The highest BCUT2D eigenvalue weighted by atomic mass is 16.5. The van der Waals surface area contributed by atoms with Crippen LogP contribution in [0.25, 0.3) is 0 Å². The third-order valence-corrected chi connectivity index (χ3v) is 4.62. The summed E-state index contributed by atoms with van der Waals surface area (Å²) < 4.78 is 11.2. The zero-order valence-corrected chi connectivity index (χ0v) is 10.6. The molecule has 102 valence electrons. The summed E-state index contributed by atoms with van der Waals surface area (Å²) in [7, 11) is 0. The molecule has 1 saturated carbocycles.